The van der Waals surface area contributed by atoms with E-state index in [-0.39, 0.29) is 11.9 Å². The average molecular weight is 351 g/mol. The number of oxazole rings is 1. The van der Waals surface area contributed by atoms with Gasteiger partial charge in [0.2, 0.25) is 0 Å². The number of aryl methyl sites for hydroxylation is 2. The number of carbonyl (C=O) groups excluding carboxylic acids is 1. The summed E-state index contributed by atoms with van der Waals surface area (Å²) in [5.41, 5.74) is 3.57. The molecule has 3 aromatic rings. The van der Waals surface area contributed by atoms with Gasteiger partial charge in [-0.1, -0.05) is 35.0 Å². The molecule has 0 bridgehead atoms. The molecule has 4 rings (SSSR count). The molecule has 0 saturated carbocycles. The van der Waals surface area contributed by atoms with Crippen LogP contribution in [0.4, 0.5) is 0 Å². The highest BCUT2D eigenvalue weighted by atomic mass is 16.3. The quantitative estimate of drug-likeness (QED) is 0.725. The van der Waals surface area contributed by atoms with Gasteiger partial charge in [0.15, 0.2) is 12.1 Å². The maximum absolute atomic E-state index is 12.5. The number of carbonyl (C=O) groups is 1. The van der Waals surface area contributed by atoms with Crippen molar-refractivity contribution in [1.82, 2.24) is 24.9 Å². The van der Waals surface area contributed by atoms with Crippen molar-refractivity contribution in [2.24, 2.45) is 0 Å². The highest BCUT2D eigenvalue weighted by molar-refractivity contribution is 5.93. The number of hydrogen-bond acceptors (Lipinski definition) is 5. The molecule has 0 radical (unpaired) electrons. The van der Waals surface area contributed by atoms with Crippen molar-refractivity contribution < 1.29 is 9.21 Å². The molecule has 26 heavy (non-hydrogen) atoms. The van der Waals surface area contributed by atoms with Crippen LogP contribution in [0.25, 0.3) is 11.3 Å². The first-order chi connectivity index (χ1) is 12.6. The lowest BCUT2D eigenvalue weighted by Crippen LogP contribution is -2.39. The Morgan fingerprint density at radius 1 is 1.15 bits per heavy atom. The second-order valence-electron chi connectivity index (χ2n) is 6.73. The van der Waals surface area contributed by atoms with Crippen LogP contribution in [0.1, 0.15) is 40.7 Å². The van der Waals surface area contributed by atoms with Crippen LogP contribution in [-0.4, -0.2) is 43.9 Å². The number of amides is 1. The van der Waals surface area contributed by atoms with Gasteiger partial charge >= 0.3 is 0 Å². The fraction of sp³-hybridized carbons (Fsp3) is 0.368. The van der Waals surface area contributed by atoms with Gasteiger partial charge in [-0.05, 0) is 26.7 Å². The number of nitrogens with zero attached hydrogens (tertiary/aromatic N) is 5. The number of likely N-dealkylation sites (tertiary alicyclic amines) is 1. The summed E-state index contributed by atoms with van der Waals surface area (Å²) in [6, 6.07) is 8.52. The van der Waals surface area contributed by atoms with Gasteiger partial charge in [0.1, 0.15) is 11.5 Å². The van der Waals surface area contributed by atoms with Crippen molar-refractivity contribution in [1.29, 1.82) is 0 Å². The molecular formula is C19H21N5O2. The molecule has 0 aliphatic carbocycles. The first-order valence-corrected chi connectivity index (χ1v) is 8.80. The molecule has 1 aliphatic heterocycles. The second-order valence-corrected chi connectivity index (χ2v) is 6.73. The SMILES string of the molecule is Cc1ccc(-c2cn(C3CCN(C(=O)c4ncoc4C)CC3)nn2)cc1. The molecule has 2 aromatic heterocycles. The number of aromatic nitrogens is 4. The Bertz CT molecular complexity index is 904. The zero-order valence-corrected chi connectivity index (χ0v) is 14.9. The van der Waals surface area contributed by atoms with Crippen LogP contribution in [-0.2, 0) is 0 Å². The van der Waals surface area contributed by atoms with Crippen LogP contribution in [0.5, 0.6) is 0 Å². The van der Waals surface area contributed by atoms with Crippen molar-refractivity contribution in [3.8, 4) is 11.3 Å². The summed E-state index contributed by atoms with van der Waals surface area (Å²) in [5.74, 6) is 0.504. The van der Waals surface area contributed by atoms with Crippen molar-refractivity contribution >= 4 is 5.91 Å². The second kappa shape index (κ2) is 6.74. The molecule has 1 amide bonds. The number of rotatable bonds is 3. The van der Waals surface area contributed by atoms with E-state index < -0.39 is 0 Å². The van der Waals surface area contributed by atoms with Gasteiger partial charge in [-0.15, -0.1) is 5.10 Å². The van der Waals surface area contributed by atoms with Gasteiger partial charge < -0.3 is 9.32 Å². The minimum Gasteiger partial charge on any atom is -0.448 e. The number of piperidine rings is 1. The zero-order chi connectivity index (χ0) is 18.1. The van der Waals surface area contributed by atoms with E-state index in [2.05, 4.69) is 46.5 Å². The van der Waals surface area contributed by atoms with Gasteiger partial charge in [0.05, 0.1) is 12.2 Å². The molecule has 1 aromatic carbocycles. The fourth-order valence-electron chi connectivity index (χ4n) is 3.31. The van der Waals surface area contributed by atoms with E-state index in [9.17, 15) is 4.79 Å². The number of hydrogen-bond donors (Lipinski definition) is 0. The molecule has 1 aliphatic rings. The van der Waals surface area contributed by atoms with Gasteiger partial charge in [-0.2, -0.15) is 0 Å². The third kappa shape index (κ3) is 3.12. The molecule has 3 heterocycles. The number of benzene rings is 1. The highest BCUT2D eigenvalue weighted by Crippen LogP contribution is 2.25. The summed E-state index contributed by atoms with van der Waals surface area (Å²) in [4.78, 5) is 18.4. The summed E-state index contributed by atoms with van der Waals surface area (Å²) >= 11 is 0. The predicted molar refractivity (Wildman–Crippen MR) is 95.6 cm³/mol. The van der Waals surface area contributed by atoms with Crippen molar-refractivity contribution in [3.05, 3.63) is 53.9 Å². The van der Waals surface area contributed by atoms with Crippen LogP contribution in [0, 0.1) is 13.8 Å². The molecule has 0 spiro atoms. The standard InChI is InChI=1S/C19H21N5O2/c1-13-3-5-15(6-4-13)17-11-24(22-21-17)16-7-9-23(10-8-16)19(25)18-14(2)26-12-20-18/h3-6,11-12,16H,7-10H2,1-2H3. The Morgan fingerprint density at radius 3 is 2.54 bits per heavy atom. The lowest BCUT2D eigenvalue weighted by atomic mass is 10.0. The Kier molecular flexibility index (Phi) is 4.28. The largest absolute Gasteiger partial charge is 0.448 e. The van der Waals surface area contributed by atoms with E-state index in [1.54, 1.807) is 6.92 Å². The zero-order valence-electron chi connectivity index (χ0n) is 14.9. The average Bonchev–Trinajstić information content (AvgIpc) is 3.31. The molecule has 0 atom stereocenters. The lowest BCUT2D eigenvalue weighted by molar-refractivity contribution is 0.0682. The van der Waals surface area contributed by atoms with Crippen LogP contribution in [0.2, 0.25) is 0 Å². The minimum absolute atomic E-state index is 0.0614. The molecule has 134 valence electrons. The molecule has 1 saturated heterocycles. The van der Waals surface area contributed by atoms with E-state index in [1.807, 2.05) is 15.8 Å². The first kappa shape index (κ1) is 16.5. The minimum atomic E-state index is -0.0614. The summed E-state index contributed by atoms with van der Waals surface area (Å²) < 4.78 is 7.07. The van der Waals surface area contributed by atoms with Crippen molar-refractivity contribution in [3.63, 3.8) is 0 Å². The third-order valence-corrected chi connectivity index (χ3v) is 4.93. The Morgan fingerprint density at radius 2 is 1.88 bits per heavy atom. The highest BCUT2D eigenvalue weighted by Gasteiger charge is 2.27. The summed E-state index contributed by atoms with van der Waals surface area (Å²) in [5, 5.41) is 8.62. The monoisotopic (exact) mass is 351 g/mol. The molecule has 7 nitrogen and oxygen atoms in total. The van der Waals surface area contributed by atoms with Crippen molar-refractivity contribution in [2.75, 3.05) is 13.1 Å². The topological polar surface area (TPSA) is 77.0 Å². The lowest BCUT2D eigenvalue weighted by Gasteiger charge is -2.31. The maximum Gasteiger partial charge on any atom is 0.276 e. The van der Waals surface area contributed by atoms with Crippen LogP contribution >= 0.6 is 0 Å². The van der Waals surface area contributed by atoms with E-state index in [0.717, 1.165) is 24.1 Å². The van der Waals surface area contributed by atoms with Crippen LogP contribution < -0.4 is 0 Å². The van der Waals surface area contributed by atoms with Crippen molar-refractivity contribution in [2.45, 2.75) is 32.7 Å². The third-order valence-electron chi connectivity index (χ3n) is 4.93. The normalized spacial score (nSPS) is 15.4. The Hall–Kier alpha value is -2.96. The molecule has 0 N–H and O–H groups in total. The first-order valence-electron chi connectivity index (χ1n) is 8.80. The molecule has 1 fully saturated rings. The summed E-state index contributed by atoms with van der Waals surface area (Å²) in [6.45, 7) is 5.18. The van der Waals surface area contributed by atoms with E-state index >= 15 is 0 Å². The van der Waals surface area contributed by atoms with Crippen LogP contribution in [0.3, 0.4) is 0 Å². The van der Waals surface area contributed by atoms with Gasteiger partial charge in [0.25, 0.3) is 5.91 Å². The predicted octanol–water partition coefficient (Wildman–Crippen LogP) is 3.03. The van der Waals surface area contributed by atoms with E-state index in [4.69, 9.17) is 4.42 Å². The van der Waals surface area contributed by atoms with Gasteiger partial charge in [-0.3, -0.25) is 4.79 Å². The van der Waals surface area contributed by atoms with Crippen LogP contribution in [0.15, 0.2) is 41.3 Å². The van der Waals surface area contributed by atoms with Gasteiger partial charge in [-0.25, -0.2) is 9.67 Å². The maximum atomic E-state index is 12.5. The molecule has 7 heteroatoms. The summed E-state index contributed by atoms with van der Waals surface area (Å²) in [6.07, 6.45) is 5.00. The summed E-state index contributed by atoms with van der Waals surface area (Å²) in [7, 11) is 0. The molecule has 0 unspecified atom stereocenters. The molecular weight excluding hydrogens is 330 g/mol. The van der Waals surface area contributed by atoms with E-state index in [1.165, 1.54) is 12.0 Å². The van der Waals surface area contributed by atoms with Gasteiger partial charge in [0, 0.05) is 18.7 Å². The van der Waals surface area contributed by atoms with E-state index in [0.29, 0.717) is 24.5 Å². The smallest absolute Gasteiger partial charge is 0.276 e. The fourth-order valence-corrected chi connectivity index (χ4v) is 3.31. The Balaban J connectivity index is 1.41. The Labute approximate surface area is 151 Å².